The normalized spacial score (nSPS) is 11.9. The van der Waals surface area contributed by atoms with Gasteiger partial charge in [-0.3, -0.25) is 9.47 Å². The minimum atomic E-state index is -4.95. The lowest BCUT2D eigenvalue weighted by Gasteiger charge is -2.17. The second-order valence-electron chi connectivity index (χ2n) is 6.61. The fourth-order valence-corrected chi connectivity index (χ4v) is 2.87. The number of alkyl halides is 3. The van der Waals surface area contributed by atoms with E-state index in [1.165, 1.54) is 18.3 Å². The SMILES string of the molecule is COc1c(Oc2nnc(C(F)(F)F)c(C)c2C(=O)Nc2ccn(N)/c(=N\N)c2)ccc(F)c1F. The number of anilines is 1. The minimum Gasteiger partial charge on any atom is -0.490 e. The summed E-state index contributed by atoms with van der Waals surface area (Å²) in [7, 11) is 1.02. The Morgan fingerprint density at radius 3 is 2.53 bits per heavy atom. The van der Waals surface area contributed by atoms with Crippen LogP contribution < -0.4 is 32.0 Å². The summed E-state index contributed by atoms with van der Waals surface area (Å²) in [6.07, 6.45) is -3.67. The van der Waals surface area contributed by atoms with Gasteiger partial charge in [-0.05, 0) is 30.7 Å². The molecule has 0 saturated carbocycles. The van der Waals surface area contributed by atoms with Gasteiger partial charge in [0.25, 0.3) is 11.8 Å². The van der Waals surface area contributed by atoms with Gasteiger partial charge in [0, 0.05) is 18.0 Å². The smallest absolute Gasteiger partial charge is 0.435 e. The number of hydrogen-bond acceptors (Lipinski definition) is 8. The first-order valence-corrected chi connectivity index (χ1v) is 9.15. The molecule has 0 aliphatic carbocycles. The summed E-state index contributed by atoms with van der Waals surface area (Å²) in [5.74, 6) is 5.13. The number of methoxy groups -OCH3 is 1. The van der Waals surface area contributed by atoms with E-state index in [2.05, 4.69) is 20.6 Å². The highest BCUT2D eigenvalue weighted by Crippen LogP contribution is 2.38. The maximum absolute atomic E-state index is 14.0. The summed E-state index contributed by atoms with van der Waals surface area (Å²) < 4.78 is 78.9. The second-order valence-corrected chi connectivity index (χ2v) is 6.61. The summed E-state index contributed by atoms with van der Waals surface area (Å²) in [5.41, 5.74) is -2.67. The van der Waals surface area contributed by atoms with E-state index in [0.29, 0.717) is 6.07 Å². The Labute approximate surface area is 187 Å². The lowest BCUT2D eigenvalue weighted by atomic mass is 10.1. The molecular formula is C19H16F5N7O3. The van der Waals surface area contributed by atoms with Crippen LogP contribution in [0.5, 0.6) is 17.4 Å². The quantitative estimate of drug-likeness (QED) is 0.286. The third-order valence-electron chi connectivity index (χ3n) is 4.46. The van der Waals surface area contributed by atoms with E-state index in [1.807, 2.05) is 0 Å². The number of nitrogen functional groups attached to an aromatic ring is 1. The van der Waals surface area contributed by atoms with Crippen molar-refractivity contribution in [1.29, 1.82) is 0 Å². The van der Waals surface area contributed by atoms with Crippen molar-refractivity contribution in [2.24, 2.45) is 10.9 Å². The molecule has 2 aromatic heterocycles. The number of halogens is 5. The number of ether oxygens (including phenoxy) is 2. The van der Waals surface area contributed by atoms with Crippen LogP contribution in [-0.2, 0) is 6.18 Å². The van der Waals surface area contributed by atoms with Gasteiger partial charge in [-0.1, -0.05) is 0 Å². The maximum atomic E-state index is 14.0. The zero-order valence-electron chi connectivity index (χ0n) is 17.4. The number of carbonyl (C=O) groups excluding carboxylic acids is 1. The number of pyridine rings is 1. The summed E-state index contributed by atoms with van der Waals surface area (Å²) in [4.78, 5) is 13.0. The third-order valence-corrected chi connectivity index (χ3v) is 4.46. The molecule has 0 saturated heterocycles. The molecule has 180 valence electrons. The van der Waals surface area contributed by atoms with Gasteiger partial charge in [-0.2, -0.15) is 22.7 Å². The molecule has 0 bridgehead atoms. The number of benzene rings is 1. The third kappa shape index (κ3) is 4.67. The zero-order valence-corrected chi connectivity index (χ0v) is 17.4. The van der Waals surface area contributed by atoms with Crippen molar-refractivity contribution in [2.45, 2.75) is 13.1 Å². The standard InChI is InChI=1S/C19H16F5N7O3/c1-8-13(17(32)27-9-5-6-31(26)12(7-9)28-25)18(30-29-16(8)19(22,23)24)34-11-4-3-10(20)14(21)15(11)33-2/h3-7H,25-26H2,1-2H3,(H,27,32)/b28-12-. The van der Waals surface area contributed by atoms with Gasteiger partial charge in [-0.25, -0.2) is 4.39 Å². The predicted molar refractivity (Wildman–Crippen MR) is 107 cm³/mol. The van der Waals surface area contributed by atoms with Crippen LogP contribution in [0.1, 0.15) is 21.6 Å². The Hall–Kier alpha value is -4.43. The number of nitrogens with one attached hydrogen (secondary N) is 1. The molecule has 5 N–H and O–H groups in total. The molecule has 3 rings (SSSR count). The molecule has 0 atom stereocenters. The van der Waals surface area contributed by atoms with E-state index in [0.717, 1.165) is 24.8 Å². The van der Waals surface area contributed by atoms with Crippen molar-refractivity contribution >= 4 is 11.6 Å². The van der Waals surface area contributed by atoms with Crippen LogP contribution in [0.25, 0.3) is 0 Å². The van der Waals surface area contributed by atoms with Crippen molar-refractivity contribution in [2.75, 3.05) is 18.3 Å². The number of nitrogens with zero attached hydrogens (tertiary/aromatic N) is 4. The molecule has 3 aromatic rings. The van der Waals surface area contributed by atoms with Crippen molar-refractivity contribution < 1.29 is 36.2 Å². The van der Waals surface area contributed by atoms with Crippen LogP contribution in [-0.4, -0.2) is 27.9 Å². The number of aromatic nitrogens is 3. The monoisotopic (exact) mass is 485 g/mol. The number of carbonyl (C=O) groups is 1. The van der Waals surface area contributed by atoms with E-state index >= 15 is 0 Å². The average molecular weight is 485 g/mol. The highest BCUT2D eigenvalue weighted by atomic mass is 19.4. The molecule has 10 nitrogen and oxygen atoms in total. The van der Waals surface area contributed by atoms with Crippen molar-refractivity contribution in [3.63, 3.8) is 0 Å². The Morgan fingerprint density at radius 1 is 1.21 bits per heavy atom. The van der Waals surface area contributed by atoms with Crippen LogP contribution in [0.15, 0.2) is 35.6 Å². The maximum Gasteiger partial charge on any atom is 0.435 e. The molecule has 0 unspecified atom stereocenters. The van der Waals surface area contributed by atoms with Crippen LogP contribution in [0.4, 0.5) is 27.6 Å². The molecule has 2 heterocycles. The molecule has 0 spiro atoms. The fraction of sp³-hybridized carbons (Fsp3) is 0.158. The highest BCUT2D eigenvalue weighted by molar-refractivity contribution is 6.07. The topological polar surface area (TPSA) is 143 Å². The Morgan fingerprint density at radius 2 is 1.91 bits per heavy atom. The van der Waals surface area contributed by atoms with E-state index in [1.54, 1.807) is 0 Å². The fourth-order valence-electron chi connectivity index (χ4n) is 2.87. The van der Waals surface area contributed by atoms with E-state index < -0.39 is 57.9 Å². The van der Waals surface area contributed by atoms with Gasteiger partial charge in [0.1, 0.15) is 5.56 Å². The average Bonchev–Trinajstić information content (AvgIpc) is 2.77. The lowest BCUT2D eigenvalue weighted by Crippen LogP contribution is -2.29. The molecule has 1 amide bonds. The van der Waals surface area contributed by atoms with E-state index in [-0.39, 0.29) is 11.2 Å². The van der Waals surface area contributed by atoms with Gasteiger partial charge >= 0.3 is 6.18 Å². The van der Waals surface area contributed by atoms with E-state index in [9.17, 15) is 26.7 Å². The van der Waals surface area contributed by atoms with Crippen molar-refractivity contribution in [3.05, 3.63) is 64.4 Å². The summed E-state index contributed by atoms with van der Waals surface area (Å²) in [6, 6.07) is 4.20. The largest absolute Gasteiger partial charge is 0.490 e. The number of amides is 1. The first-order valence-electron chi connectivity index (χ1n) is 9.15. The van der Waals surface area contributed by atoms with Gasteiger partial charge in [0.15, 0.2) is 22.7 Å². The first kappa shape index (κ1) is 24.2. The molecule has 0 aliphatic rings. The van der Waals surface area contributed by atoms with Gasteiger partial charge in [0.05, 0.1) is 7.11 Å². The molecular weight excluding hydrogens is 469 g/mol. The lowest BCUT2D eigenvalue weighted by molar-refractivity contribution is -0.142. The van der Waals surface area contributed by atoms with Crippen LogP contribution in [0.3, 0.4) is 0 Å². The predicted octanol–water partition coefficient (Wildman–Crippen LogP) is 2.42. The van der Waals surface area contributed by atoms with Crippen molar-refractivity contribution in [3.8, 4) is 17.4 Å². The second kappa shape index (κ2) is 9.21. The molecule has 15 heteroatoms. The Balaban J connectivity index is 2.13. The summed E-state index contributed by atoms with van der Waals surface area (Å²) in [5, 5.41) is 12.2. The van der Waals surface area contributed by atoms with Crippen LogP contribution >= 0.6 is 0 Å². The Bertz CT molecular complexity index is 1320. The van der Waals surface area contributed by atoms with Crippen molar-refractivity contribution in [1.82, 2.24) is 14.9 Å². The minimum absolute atomic E-state index is 0.0290. The molecule has 34 heavy (non-hydrogen) atoms. The number of rotatable bonds is 5. The molecule has 0 fully saturated rings. The van der Waals surface area contributed by atoms with Crippen LogP contribution in [0, 0.1) is 18.6 Å². The highest BCUT2D eigenvalue weighted by Gasteiger charge is 2.38. The number of nitrogens with two attached hydrogens (primary N) is 2. The molecule has 0 radical (unpaired) electrons. The van der Waals surface area contributed by atoms with Gasteiger partial charge in [0.2, 0.25) is 11.6 Å². The van der Waals surface area contributed by atoms with Gasteiger partial charge < -0.3 is 26.5 Å². The summed E-state index contributed by atoms with van der Waals surface area (Å²) in [6.45, 7) is 0.973. The van der Waals surface area contributed by atoms with E-state index in [4.69, 9.17) is 21.2 Å². The Kier molecular flexibility index (Phi) is 6.56. The van der Waals surface area contributed by atoms with Gasteiger partial charge in [-0.15, -0.1) is 10.2 Å². The number of hydrogen-bond donors (Lipinski definition) is 3. The molecule has 0 aliphatic heterocycles. The first-order chi connectivity index (χ1) is 16.0. The summed E-state index contributed by atoms with van der Waals surface area (Å²) >= 11 is 0. The zero-order chi connectivity index (χ0) is 25.2. The molecule has 1 aromatic carbocycles. The van der Waals surface area contributed by atoms with Crippen LogP contribution in [0.2, 0.25) is 0 Å².